The molecule has 0 atom stereocenters. The molecule has 0 radical (unpaired) electrons. The number of hydrogen-bond donors (Lipinski definition) is 0. The molecule has 2 aromatic carbocycles. The van der Waals surface area contributed by atoms with Crippen molar-refractivity contribution in [1.82, 2.24) is 4.90 Å². The molecule has 8 heteroatoms. The van der Waals surface area contributed by atoms with E-state index in [9.17, 15) is 22.8 Å². The number of esters is 1. The maximum absolute atomic E-state index is 12.5. The fourth-order valence-corrected chi connectivity index (χ4v) is 3.07. The quantitative estimate of drug-likeness (QED) is 0.550. The molecule has 1 amide bonds. The zero-order valence-corrected chi connectivity index (χ0v) is 16.1. The first-order valence-corrected chi connectivity index (χ1v) is 9.43. The highest BCUT2D eigenvalue weighted by molar-refractivity contribution is 5.89. The van der Waals surface area contributed by atoms with Crippen molar-refractivity contribution in [3.8, 4) is 0 Å². The molecule has 5 nitrogen and oxygen atoms in total. The average Bonchev–Trinajstić information content (AvgIpc) is 2.76. The lowest BCUT2D eigenvalue weighted by molar-refractivity contribution is -0.148. The molecule has 0 spiro atoms. The fourth-order valence-electron chi connectivity index (χ4n) is 3.07. The zero-order chi connectivity index (χ0) is 21.6. The smallest absolute Gasteiger partial charge is 0.416 e. The van der Waals surface area contributed by atoms with Crippen LogP contribution < -0.4 is 4.90 Å². The van der Waals surface area contributed by atoms with Crippen molar-refractivity contribution in [1.29, 1.82) is 0 Å². The van der Waals surface area contributed by atoms with Gasteiger partial charge in [0.25, 0.3) is 5.91 Å². The Kier molecular flexibility index (Phi) is 6.76. The summed E-state index contributed by atoms with van der Waals surface area (Å²) >= 11 is 0. The van der Waals surface area contributed by atoms with Gasteiger partial charge in [0.15, 0.2) is 6.61 Å². The number of halogens is 3. The molecule has 158 valence electrons. The summed E-state index contributed by atoms with van der Waals surface area (Å²) in [4.78, 5) is 27.9. The number of rotatable bonds is 5. The number of anilines is 1. The van der Waals surface area contributed by atoms with E-state index >= 15 is 0 Å². The highest BCUT2D eigenvalue weighted by atomic mass is 19.4. The van der Waals surface area contributed by atoms with Crippen molar-refractivity contribution in [2.45, 2.75) is 6.18 Å². The summed E-state index contributed by atoms with van der Waals surface area (Å²) in [7, 11) is 0. The summed E-state index contributed by atoms with van der Waals surface area (Å²) in [5.74, 6) is -1.01. The van der Waals surface area contributed by atoms with Crippen LogP contribution in [-0.4, -0.2) is 49.6 Å². The van der Waals surface area contributed by atoms with Gasteiger partial charge in [-0.3, -0.25) is 4.79 Å². The number of nitrogens with zero attached hydrogens (tertiary/aromatic N) is 2. The van der Waals surface area contributed by atoms with E-state index in [4.69, 9.17) is 4.74 Å². The van der Waals surface area contributed by atoms with Crippen molar-refractivity contribution in [2.24, 2.45) is 0 Å². The molecule has 1 heterocycles. The van der Waals surface area contributed by atoms with Gasteiger partial charge in [-0.15, -0.1) is 0 Å². The number of piperazine rings is 1. The van der Waals surface area contributed by atoms with E-state index in [0.29, 0.717) is 31.7 Å². The van der Waals surface area contributed by atoms with Crippen LogP contribution in [0.3, 0.4) is 0 Å². The van der Waals surface area contributed by atoms with E-state index in [1.807, 2.05) is 30.3 Å². The van der Waals surface area contributed by atoms with Gasteiger partial charge in [0.1, 0.15) is 0 Å². The van der Waals surface area contributed by atoms with Gasteiger partial charge in [0.2, 0.25) is 0 Å². The van der Waals surface area contributed by atoms with E-state index in [2.05, 4.69) is 4.90 Å². The monoisotopic (exact) mass is 418 g/mol. The van der Waals surface area contributed by atoms with Crippen LogP contribution in [0.5, 0.6) is 0 Å². The minimum atomic E-state index is -4.41. The molecule has 1 aliphatic rings. The Balaban J connectivity index is 1.42. The first-order valence-electron chi connectivity index (χ1n) is 9.43. The SMILES string of the molecule is O=C(/C=C/c1ccc(C(F)(F)F)cc1)OCC(=O)N1CCN(c2ccccc2)CC1. The Hall–Kier alpha value is -3.29. The molecule has 1 saturated heterocycles. The maximum Gasteiger partial charge on any atom is 0.416 e. The highest BCUT2D eigenvalue weighted by Crippen LogP contribution is 2.29. The van der Waals surface area contributed by atoms with Gasteiger partial charge in [-0.05, 0) is 35.9 Å². The van der Waals surface area contributed by atoms with Gasteiger partial charge in [0.05, 0.1) is 5.56 Å². The predicted molar refractivity (Wildman–Crippen MR) is 107 cm³/mol. The summed E-state index contributed by atoms with van der Waals surface area (Å²) in [5.41, 5.74) is 0.757. The Morgan fingerprint density at radius 2 is 1.57 bits per heavy atom. The highest BCUT2D eigenvalue weighted by Gasteiger charge is 2.29. The number of alkyl halides is 3. The first-order chi connectivity index (χ1) is 14.3. The van der Waals surface area contributed by atoms with Crippen LogP contribution in [0.2, 0.25) is 0 Å². The standard InChI is InChI=1S/C22H21F3N2O3/c23-22(24,25)18-9-6-17(7-10-18)8-11-21(29)30-16-20(28)27-14-12-26(13-15-27)19-4-2-1-3-5-19/h1-11H,12-16H2/b11-8+. The zero-order valence-electron chi connectivity index (χ0n) is 16.1. The van der Waals surface area contributed by atoms with E-state index in [1.54, 1.807) is 4.90 Å². The molecule has 0 unspecified atom stereocenters. The largest absolute Gasteiger partial charge is 0.452 e. The van der Waals surface area contributed by atoms with E-state index in [0.717, 1.165) is 23.9 Å². The van der Waals surface area contributed by atoms with Crippen molar-refractivity contribution >= 4 is 23.6 Å². The number of benzene rings is 2. The number of ether oxygens (including phenoxy) is 1. The Bertz CT molecular complexity index is 888. The third-order valence-electron chi connectivity index (χ3n) is 4.74. The molecule has 0 aliphatic carbocycles. The summed E-state index contributed by atoms with van der Waals surface area (Å²) in [6.07, 6.45) is -1.98. The Labute approximate surface area is 172 Å². The average molecular weight is 418 g/mol. The van der Waals surface area contributed by atoms with Crippen LogP contribution in [0.15, 0.2) is 60.7 Å². The molecule has 30 heavy (non-hydrogen) atoms. The number of carbonyl (C=O) groups is 2. The van der Waals surface area contributed by atoms with Crippen molar-refractivity contribution < 1.29 is 27.5 Å². The lowest BCUT2D eigenvalue weighted by Gasteiger charge is -2.36. The summed E-state index contributed by atoms with van der Waals surface area (Å²) in [5, 5.41) is 0. The van der Waals surface area contributed by atoms with Gasteiger partial charge < -0.3 is 14.5 Å². The third-order valence-corrected chi connectivity index (χ3v) is 4.74. The molecule has 0 aromatic heterocycles. The molecule has 0 saturated carbocycles. The molecule has 0 bridgehead atoms. The van der Waals surface area contributed by atoms with Crippen LogP contribution in [0.1, 0.15) is 11.1 Å². The van der Waals surface area contributed by atoms with E-state index < -0.39 is 17.7 Å². The second-order valence-electron chi connectivity index (χ2n) is 6.76. The maximum atomic E-state index is 12.5. The van der Waals surface area contributed by atoms with Crippen LogP contribution in [0.4, 0.5) is 18.9 Å². The second kappa shape index (κ2) is 9.47. The lowest BCUT2D eigenvalue weighted by atomic mass is 10.1. The van der Waals surface area contributed by atoms with E-state index in [-0.39, 0.29) is 12.5 Å². The fraction of sp³-hybridized carbons (Fsp3) is 0.273. The second-order valence-corrected chi connectivity index (χ2v) is 6.76. The van der Waals surface area contributed by atoms with Crippen LogP contribution in [-0.2, 0) is 20.5 Å². The van der Waals surface area contributed by atoms with Gasteiger partial charge >= 0.3 is 12.1 Å². The van der Waals surface area contributed by atoms with Crippen LogP contribution >= 0.6 is 0 Å². The van der Waals surface area contributed by atoms with Gasteiger partial charge in [-0.25, -0.2) is 4.79 Å². The van der Waals surface area contributed by atoms with Crippen molar-refractivity contribution in [2.75, 3.05) is 37.7 Å². The molecule has 0 N–H and O–H groups in total. The third kappa shape index (κ3) is 5.85. The minimum Gasteiger partial charge on any atom is -0.452 e. The van der Waals surface area contributed by atoms with Gasteiger partial charge in [0, 0.05) is 37.9 Å². The molecular formula is C22H21F3N2O3. The molecule has 3 rings (SSSR count). The van der Waals surface area contributed by atoms with Crippen molar-refractivity contribution in [3.63, 3.8) is 0 Å². The Morgan fingerprint density at radius 1 is 0.933 bits per heavy atom. The summed E-state index contributed by atoms with van der Waals surface area (Å²) in [6.45, 7) is 2.08. The van der Waals surface area contributed by atoms with Crippen LogP contribution in [0, 0.1) is 0 Å². The summed E-state index contributed by atoms with van der Waals surface area (Å²) < 4.78 is 42.6. The predicted octanol–water partition coefficient (Wildman–Crippen LogP) is 3.61. The first kappa shape index (κ1) is 21.4. The summed E-state index contributed by atoms with van der Waals surface area (Å²) in [6, 6.07) is 14.3. The normalized spacial score (nSPS) is 14.8. The number of carbonyl (C=O) groups excluding carboxylic acids is 2. The number of amides is 1. The Morgan fingerprint density at radius 3 is 2.17 bits per heavy atom. The molecular weight excluding hydrogens is 397 g/mol. The molecule has 1 fully saturated rings. The lowest BCUT2D eigenvalue weighted by Crippen LogP contribution is -2.49. The van der Waals surface area contributed by atoms with Gasteiger partial charge in [-0.1, -0.05) is 30.3 Å². The number of para-hydroxylation sites is 1. The van der Waals surface area contributed by atoms with E-state index in [1.165, 1.54) is 18.2 Å². The van der Waals surface area contributed by atoms with Gasteiger partial charge in [-0.2, -0.15) is 13.2 Å². The van der Waals surface area contributed by atoms with Crippen LogP contribution in [0.25, 0.3) is 6.08 Å². The topological polar surface area (TPSA) is 49.9 Å². The molecule has 1 aliphatic heterocycles. The van der Waals surface area contributed by atoms with Crippen molar-refractivity contribution in [3.05, 3.63) is 71.8 Å². The minimum absolute atomic E-state index is 0.279. The molecule has 2 aromatic rings. The number of hydrogen-bond acceptors (Lipinski definition) is 4.